The summed E-state index contributed by atoms with van der Waals surface area (Å²) < 4.78 is 25.5. The van der Waals surface area contributed by atoms with Crippen molar-refractivity contribution in [3.8, 4) is 0 Å². The van der Waals surface area contributed by atoms with Crippen LogP contribution in [0.2, 0.25) is 0 Å². The number of halogens is 2. The molecule has 1 rings (SSSR count). The third-order valence-electron chi connectivity index (χ3n) is 2.68. The van der Waals surface area contributed by atoms with E-state index in [0.717, 1.165) is 12.5 Å². The molecule has 0 aromatic carbocycles. The maximum absolute atomic E-state index is 12.7. The molecule has 1 N–H and O–H groups in total. The summed E-state index contributed by atoms with van der Waals surface area (Å²) in [6.07, 6.45) is 3.50. The zero-order valence-electron chi connectivity index (χ0n) is 8.76. The molecule has 0 fully saturated rings. The lowest BCUT2D eigenvalue weighted by Crippen LogP contribution is -2.33. The minimum absolute atomic E-state index is 0.170. The molecular formula is C11H18F2O. The van der Waals surface area contributed by atoms with Crippen LogP contribution in [0.3, 0.4) is 0 Å². The van der Waals surface area contributed by atoms with E-state index in [0.29, 0.717) is 12.3 Å². The number of aliphatic hydroxyl groups is 1. The number of alkyl halides is 2. The summed E-state index contributed by atoms with van der Waals surface area (Å²) in [6.45, 7) is 4.12. The molecule has 0 aromatic heterocycles. The maximum atomic E-state index is 12.7. The predicted molar refractivity (Wildman–Crippen MR) is 52.3 cm³/mol. The van der Waals surface area contributed by atoms with Crippen LogP contribution in [0.4, 0.5) is 8.78 Å². The molecular weight excluding hydrogens is 186 g/mol. The second kappa shape index (κ2) is 3.97. The quantitative estimate of drug-likeness (QED) is 0.700. The molecule has 82 valence electrons. The fourth-order valence-corrected chi connectivity index (χ4v) is 1.57. The van der Waals surface area contributed by atoms with Gasteiger partial charge in [0.05, 0.1) is 5.60 Å². The number of hydrogen-bond donors (Lipinski definition) is 1. The molecule has 0 spiro atoms. The average Bonchev–Trinajstić information content (AvgIpc) is 2.08. The van der Waals surface area contributed by atoms with Crippen LogP contribution in [-0.4, -0.2) is 16.6 Å². The van der Waals surface area contributed by atoms with Crippen molar-refractivity contribution in [1.82, 2.24) is 0 Å². The van der Waals surface area contributed by atoms with Crippen LogP contribution in [0.25, 0.3) is 0 Å². The van der Waals surface area contributed by atoms with E-state index in [1.807, 2.05) is 0 Å². The Bertz CT molecular complexity index is 223. The molecule has 1 aliphatic rings. The van der Waals surface area contributed by atoms with Crippen molar-refractivity contribution in [2.24, 2.45) is 5.92 Å². The second-order valence-corrected chi connectivity index (χ2v) is 4.63. The number of allylic oxidation sites excluding steroid dienone is 1. The molecule has 0 radical (unpaired) electrons. The largest absolute Gasteiger partial charge is 0.386 e. The first-order valence-corrected chi connectivity index (χ1v) is 5.14. The topological polar surface area (TPSA) is 20.2 Å². The summed E-state index contributed by atoms with van der Waals surface area (Å²) >= 11 is 0. The highest BCUT2D eigenvalue weighted by Gasteiger charge is 2.36. The van der Waals surface area contributed by atoms with Gasteiger partial charge in [-0.1, -0.05) is 19.9 Å². The fourth-order valence-electron chi connectivity index (χ4n) is 1.57. The van der Waals surface area contributed by atoms with Gasteiger partial charge < -0.3 is 5.11 Å². The van der Waals surface area contributed by atoms with Gasteiger partial charge in [-0.25, -0.2) is 8.78 Å². The van der Waals surface area contributed by atoms with Crippen LogP contribution in [0.5, 0.6) is 0 Å². The molecule has 1 nitrogen and oxygen atoms in total. The molecule has 0 amide bonds. The van der Waals surface area contributed by atoms with E-state index < -0.39 is 11.5 Å². The Morgan fingerprint density at radius 1 is 1.29 bits per heavy atom. The van der Waals surface area contributed by atoms with E-state index in [-0.39, 0.29) is 12.8 Å². The second-order valence-electron chi connectivity index (χ2n) is 4.63. The van der Waals surface area contributed by atoms with Gasteiger partial charge in [-0.2, -0.15) is 0 Å². The lowest BCUT2D eigenvalue weighted by molar-refractivity contribution is -0.0166. The summed E-state index contributed by atoms with van der Waals surface area (Å²) in [5, 5.41) is 9.93. The predicted octanol–water partition coefficient (Wildman–Crippen LogP) is 3.14. The monoisotopic (exact) mass is 204 g/mol. The first-order valence-electron chi connectivity index (χ1n) is 5.14. The standard InChI is InChI=1S/C11H18F2O/c1-9(2)3-4-10(14)5-7-11(12,13)8-6-10/h5,7,9,14H,3-4,6,8H2,1-2H3. The zero-order valence-corrected chi connectivity index (χ0v) is 8.76. The molecule has 3 heteroatoms. The summed E-state index contributed by atoms with van der Waals surface area (Å²) in [5.74, 6) is -2.22. The normalized spacial score (nSPS) is 31.0. The molecule has 0 bridgehead atoms. The Balaban J connectivity index is 2.52. The molecule has 1 atom stereocenters. The molecule has 0 saturated carbocycles. The van der Waals surface area contributed by atoms with E-state index in [4.69, 9.17) is 0 Å². The van der Waals surface area contributed by atoms with Gasteiger partial charge in [-0.3, -0.25) is 0 Å². The van der Waals surface area contributed by atoms with E-state index in [1.54, 1.807) is 0 Å². The Labute approximate surface area is 83.8 Å². The van der Waals surface area contributed by atoms with Gasteiger partial charge >= 0.3 is 0 Å². The van der Waals surface area contributed by atoms with Gasteiger partial charge in [0.15, 0.2) is 0 Å². The van der Waals surface area contributed by atoms with Crippen molar-refractivity contribution >= 4 is 0 Å². The summed E-state index contributed by atoms with van der Waals surface area (Å²) in [4.78, 5) is 0. The Hall–Kier alpha value is -0.440. The Morgan fingerprint density at radius 2 is 1.93 bits per heavy atom. The van der Waals surface area contributed by atoms with Gasteiger partial charge in [0.25, 0.3) is 5.92 Å². The fraction of sp³-hybridized carbons (Fsp3) is 0.818. The van der Waals surface area contributed by atoms with E-state index in [2.05, 4.69) is 13.8 Å². The smallest absolute Gasteiger partial charge is 0.266 e. The van der Waals surface area contributed by atoms with Gasteiger partial charge in [0, 0.05) is 6.42 Å². The summed E-state index contributed by atoms with van der Waals surface area (Å²) in [6, 6.07) is 0. The van der Waals surface area contributed by atoms with Crippen molar-refractivity contribution in [2.45, 2.75) is 51.1 Å². The minimum atomic E-state index is -2.72. The molecule has 1 unspecified atom stereocenters. The minimum Gasteiger partial charge on any atom is -0.386 e. The average molecular weight is 204 g/mol. The van der Waals surface area contributed by atoms with Crippen LogP contribution in [0.1, 0.15) is 39.5 Å². The van der Waals surface area contributed by atoms with E-state index >= 15 is 0 Å². The highest BCUT2D eigenvalue weighted by molar-refractivity contribution is 5.11. The molecule has 0 heterocycles. The highest BCUT2D eigenvalue weighted by Crippen LogP contribution is 2.35. The van der Waals surface area contributed by atoms with Crippen molar-refractivity contribution in [3.63, 3.8) is 0 Å². The molecule has 14 heavy (non-hydrogen) atoms. The van der Waals surface area contributed by atoms with Crippen molar-refractivity contribution < 1.29 is 13.9 Å². The van der Waals surface area contributed by atoms with Crippen molar-refractivity contribution in [2.75, 3.05) is 0 Å². The van der Waals surface area contributed by atoms with Gasteiger partial charge in [-0.05, 0) is 31.3 Å². The van der Waals surface area contributed by atoms with Gasteiger partial charge in [0.1, 0.15) is 0 Å². The molecule has 0 aromatic rings. The zero-order chi connectivity index (χ0) is 10.8. The third kappa shape index (κ3) is 3.37. The summed E-state index contributed by atoms with van der Waals surface area (Å²) in [5.41, 5.74) is -0.994. The Kier molecular flexibility index (Phi) is 3.30. The lowest BCUT2D eigenvalue weighted by atomic mass is 9.84. The third-order valence-corrected chi connectivity index (χ3v) is 2.68. The van der Waals surface area contributed by atoms with Crippen LogP contribution in [0, 0.1) is 5.92 Å². The maximum Gasteiger partial charge on any atom is 0.266 e. The van der Waals surface area contributed by atoms with Gasteiger partial charge in [-0.15, -0.1) is 0 Å². The lowest BCUT2D eigenvalue weighted by Gasteiger charge is -2.31. The van der Waals surface area contributed by atoms with Crippen molar-refractivity contribution in [3.05, 3.63) is 12.2 Å². The first kappa shape index (κ1) is 11.6. The number of rotatable bonds is 3. The van der Waals surface area contributed by atoms with E-state index in [9.17, 15) is 13.9 Å². The molecule has 0 aliphatic heterocycles. The van der Waals surface area contributed by atoms with Crippen LogP contribution >= 0.6 is 0 Å². The first-order chi connectivity index (χ1) is 6.33. The highest BCUT2D eigenvalue weighted by atomic mass is 19.3. The van der Waals surface area contributed by atoms with Crippen molar-refractivity contribution in [1.29, 1.82) is 0 Å². The molecule has 0 saturated heterocycles. The van der Waals surface area contributed by atoms with Crippen LogP contribution in [-0.2, 0) is 0 Å². The summed E-state index contributed by atoms with van der Waals surface area (Å²) in [7, 11) is 0. The van der Waals surface area contributed by atoms with Crippen LogP contribution in [0.15, 0.2) is 12.2 Å². The SMILES string of the molecule is CC(C)CCC1(O)C=CC(F)(F)CC1. The van der Waals surface area contributed by atoms with Gasteiger partial charge in [0.2, 0.25) is 0 Å². The molecule has 1 aliphatic carbocycles. The van der Waals surface area contributed by atoms with E-state index in [1.165, 1.54) is 6.08 Å². The number of hydrogen-bond acceptors (Lipinski definition) is 1. The Morgan fingerprint density at radius 3 is 2.36 bits per heavy atom. The van der Waals surface area contributed by atoms with Crippen LogP contribution < -0.4 is 0 Å².